The molecule has 6 heteroatoms. The summed E-state index contributed by atoms with van der Waals surface area (Å²) in [4.78, 5) is 23.8. The molecule has 0 atom stereocenters. The van der Waals surface area contributed by atoms with Crippen LogP contribution >= 0.6 is 11.3 Å². The molecule has 3 rings (SSSR count). The first kappa shape index (κ1) is 15.2. The highest BCUT2D eigenvalue weighted by molar-refractivity contribution is 7.20. The molecule has 0 saturated heterocycles. The van der Waals surface area contributed by atoms with Crippen LogP contribution in [0.5, 0.6) is 0 Å². The SMILES string of the molecule is CC(=O)Nc1cccc(NC(=O)c2cc3c(F)cccc3s2)c1. The lowest BCUT2D eigenvalue weighted by molar-refractivity contribution is -0.114. The molecule has 0 radical (unpaired) electrons. The second-order valence-electron chi connectivity index (χ2n) is 4.98. The first-order chi connectivity index (χ1) is 11.0. The van der Waals surface area contributed by atoms with Crippen molar-refractivity contribution in [2.75, 3.05) is 10.6 Å². The normalized spacial score (nSPS) is 10.5. The van der Waals surface area contributed by atoms with Gasteiger partial charge in [0.2, 0.25) is 5.91 Å². The number of thiophene rings is 1. The molecule has 0 bridgehead atoms. The second-order valence-corrected chi connectivity index (χ2v) is 6.06. The predicted octanol–water partition coefficient (Wildman–Crippen LogP) is 4.25. The molecule has 1 aromatic heterocycles. The third-order valence-corrected chi connectivity index (χ3v) is 4.27. The van der Waals surface area contributed by atoms with Crippen LogP contribution in [-0.4, -0.2) is 11.8 Å². The van der Waals surface area contributed by atoms with Crippen molar-refractivity contribution in [3.8, 4) is 0 Å². The van der Waals surface area contributed by atoms with E-state index in [4.69, 9.17) is 0 Å². The van der Waals surface area contributed by atoms with Gasteiger partial charge in [-0.1, -0.05) is 12.1 Å². The third-order valence-electron chi connectivity index (χ3n) is 3.17. The van der Waals surface area contributed by atoms with Crippen molar-refractivity contribution >= 4 is 44.6 Å². The summed E-state index contributed by atoms with van der Waals surface area (Å²) in [5.41, 5.74) is 1.15. The fourth-order valence-electron chi connectivity index (χ4n) is 2.21. The molecule has 3 aromatic rings. The molecule has 2 amide bonds. The van der Waals surface area contributed by atoms with Crippen LogP contribution in [0.15, 0.2) is 48.5 Å². The Morgan fingerprint density at radius 2 is 1.70 bits per heavy atom. The van der Waals surface area contributed by atoms with E-state index in [1.54, 1.807) is 42.5 Å². The number of amides is 2. The van der Waals surface area contributed by atoms with Crippen molar-refractivity contribution in [1.29, 1.82) is 0 Å². The summed E-state index contributed by atoms with van der Waals surface area (Å²) in [6.07, 6.45) is 0. The van der Waals surface area contributed by atoms with Crippen LogP contribution in [0, 0.1) is 5.82 Å². The van der Waals surface area contributed by atoms with Gasteiger partial charge < -0.3 is 10.6 Å². The zero-order chi connectivity index (χ0) is 16.4. The number of nitrogens with one attached hydrogen (secondary N) is 2. The Morgan fingerprint density at radius 1 is 1.00 bits per heavy atom. The topological polar surface area (TPSA) is 58.2 Å². The standard InChI is InChI=1S/C17H13FN2O2S/c1-10(21)19-11-4-2-5-12(8-11)20-17(22)16-9-13-14(18)6-3-7-15(13)23-16/h2-9H,1H3,(H,19,21)(H,20,22). The number of carbonyl (C=O) groups is 2. The smallest absolute Gasteiger partial charge is 0.265 e. The molecule has 0 aliphatic carbocycles. The Morgan fingerprint density at radius 3 is 2.39 bits per heavy atom. The molecule has 116 valence electrons. The largest absolute Gasteiger partial charge is 0.326 e. The van der Waals surface area contributed by atoms with Gasteiger partial charge in [-0.05, 0) is 36.4 Å². The van der Waals surface area contributed by atoms with Crippen LogP contribution in [0.3, 0.4) is 0 Å². The van der Waals surface area contributed by atoms with Gasteiger partial charge in [0.25, 0.3) is 5.91 Å². The molecule has 0 aliphatic rings. The highest BCUT2D eigenvalue weighted by Crippen LogP contribution is 2.28. The van der Waals surface area contributed by atoms with Gasteiger partial charge in [-0.2, -0.15) is 0 Å². The van der Waals surface area contributed by atoms with Crippen LogP contribution in [0.4, 0.5) is 15.8 Å². The zero-order valence-corrected chi connectivity index (χ0v) is 13.0. The van der Waals surface area contributed by atoms with E-state index < -0.39 is 0 Å². The Bertz CT molecular complexity index is 904. The summed E-state index contributed by atoms with van der Waals surface area (Å²) >= 11 is 1.23. The summed E-state index contributed by atoms with van der Waals surface area (Å²) in [7, 11) is 0. The average molecular weight is 328 g/mol. The number of rotatable bonds is 3. The van der Waals surface area contributed by atoms with E-state index in [9.17, 15) is 14.0 Å². The number of hydrogen-bond donors (Lipinski definition) is 2. The molecule has 0 saturated carbocycles. The van der Waals surface area contributed by atoms with Gasteiger partial charge in [-0.3, -0.25) is 9.59 Å². The maximum absolute atomic E-state index is 13.7. The first-order valence-electron chi connectivity index (χ1n) is 6.90. The molecular formula is C17H13FN2O2S. The van der Waals surface area contributed by atoms with Crippen molar-refractivity contribution in [3.05, 3.63) is 59.2 Å². The molecule has 0 fully saturated rings. The van der Waals surface area contributed by atoms with E-state index >= 15 is 0 Å². The predicted molar refractivity (Wildman–Crippen MR) is 90.5 cm³/mol. The quantitative estimate of drug-likeness (QED) is 0.755. The molecule has 4 nitrogen and oxygen atoms in total. The summed E-state index contributed by atoms with van der Waals surface area (Å²) in [6, 6.07) is 13.1. The van der Waals surface area contributed by atoms with Crippen molar-refractivity contribution in [1.82, 2.24) is 0 Å². The van der Waals surface area contributed by atoms with E-state index in [2.05, 4.69) is 10.6 Å². The van der Waals surface area contributed by atoms with Gasteiger partial charge in [0, 0.05) is 28.4 Å². The summed E-state index contributed by atoms with van der Waals surface area (Å²) < 4.78 is 14.4. The number of fused-ring (bicyclic) bond motifs is 1. The lowest BCUT2D eigenvalue weighted by Gasteiger charge is -2.06. The summed E-state index contributed by atoms with van der Waals surface area (Å²) in [5.74, 6) is -0.843. The fraction of sp³-hybridized carbons (Fsp3) is 0.0588. The Labute approximate surface area is 135 Å². The van der Waals surface area contributed by atoms with Crippen LogP contribution in [0.25, 0.3) is 10.1 Å². The zero-order valence-electron chi connectivity index (χ0n) is 12.2. The monoisotopic (exact) mass is 328 g/mol. The van der Waals surface area contributed by atoms with E-state index in [1.165, 1.54) is 24.3 Å². The third kappa shape index (κ3) is 3.37. The lowest BCUT2D eigenvalue weighted by atomic mass is 10.2. The summed E-state index contributed by atoms with van der Waals surface area (Å²) in [6.45, 7) is 1.41. The molecule has 2 aromatic carbocycles. The molecule has 2 N–H and O–H groups in total. The number of hydrogen-bond acceptors (Lipinski definition) is 3. The van der Waals surface area contributed by atoms with Crippen LogP contribution < -0.4 is 10.6 Å². The van der Waals surface area contributed by atoms with Gasteiger partial charge in [0.1, 0.15) is 5.82 Å². The fourth-order valence-corrected chi connectivity index (χ4v) is 3.18. The molecule has 0 unspecified atom stereocenters. The highest BCUT2D eigenvalue weighted by atomic mass is 32.1. The lowest BCUT2D eigenvalue weighted by Crippen LogP contribution is -2.11. The van der Waals surface area contributed by atoms with E-state index in [-0.39, 0.29) is 17.6 Å². The number of anilines is 2. The number of halogens is 1. The van der Waals surface area contributed by atoms with Crippen molar-refractivity contribution in [2.45, 2.75) is 6.92 Å². The molecule has 0 aliphatic heterocycles. The van der Waals surface area contributed by atoms with Gasteiger partial charge in [-0.25, -0.2) is 4.39 Å². The molecule has 1 heterocycles. The molecule has 23 heavy (non-hydrogen) atoms. The van der Waals surface area contributed by atoms with Gasteiger partial charge in [-0.15, -0.1) is 11.3 Å². The maximum atomic E-state index is 13.7. The van der Waals surface area contributed by atoms with Gasteiger partial charge >= 0.3 is 0 Å². The number of benzene rings is 2. The van der Waals surface area contributed by atoms with Crippen molar-refractivity contribution < 1.29 is 14.0 Å². The highest BCUT2D eigenvalue weighted by Gasteiger charge is 2.13. The van der Waals surface area contributed by atoms with Crippen LogP contribution in [-0.2, 0) is 4.79 Å². The first-order valence-corrected chi connectivity index (χ1v) is 7.71. The molecular weight excluding hydrogens is 315 g/mol. The maximum Gasteiger partial charge on any atom is 0.265 e. The van der Waals surface area contributed by atoms with Crippen LogP contribution in [0.1, 0.15) is 16.6 Å². The van der Waals surface area contributed by atoms with Gasteiger partial charge in [0.15, 0.2) is 0 Å². The summed E-state index contributed by atoms with van der Waals surface area (Å²) in [5, 5.41) is 5.84. The van der Waals surface area contributed by atoms with E-state index in [1.807, 2.05) is 0 Å². The van der Waals surface area contributed by atoms with Crippen LogP contribution in [0.2, 0.25) is 0 Å². The minimum absolute atomic E-state index is 0.187. The van der Waals surface area contributed by atoms with E-state index in [0.717, 1.165) is 4.70 Å². The second kappa shape index (κ2) is 6.18. The van der Waals surface area contributed by atoms with E-state index in [0.29, 0.717) is 21.6 Å². The Hall–Kier alpha value is -2.73. The number of carbonyl (C=O) groups excluding carboxylic acids is 2. The van der Waals surface area contributed by atoms with Crippen molar-refractivity contribution in [2.24, 2.45) is 0 Å². The average Bonchev–Trinajstić information content (AvgIpc) is 2.92. The van der Waals surface area contributed by atoms with Gasteiger partial charge in [0.05, 0.1) is 4.88 Å². The minimum atomic E-state index is -0.342. The Kier molecular flexibility index (Phi) is 4.08. The molecule has 0 spiro atoms. The minimum Gasteiger partial charge on any atom is -0.326 e. The Balaban J connectivity index is 1.83. The van der Waals surface area contributed by atoms with Crippen molar-refractivity contribution in [3.63, 3.8) is 0 Å².